The van der Waals surface area contributed by atoms with E-state index in [1.165, 1.54) is 23.8 Å². The number of carbonyl (C=O) groups excluding carboxylic acids is 2. The van der Waals surface area contributed by atoms with Crippen LogP contribution in [0.2, 0.25) is 0 Å². The predicted molar refractivity (Wildman–Crippen MR) is 104 cm³/mol. The summed E-state index contributed by atoms with van der Waals surface area (Å²) in [7, 11) is 0. The van der Waals surface area contributed by atoms with Crippen molar-refractivity contribution in [2.45, 2.75) is 26.9 Å². The van der Waals surface area contributed by atoms with Crippen LogP contribution in [0.25, 0.3) is 0 Å². The first-order chi connectivity index (χ1) is 13.0. The molecule has 2 aromatic carbocycles. The van der Waals surface area contributed by atoms with E-state index in [0.717, 1.165) is 31.3 Å². The largest absolute Gasteiger partial charge is 0.350 e. The minimum absolute atomic E-state index is 0.157. The van der Waals surface area contributed by atoms with Gasteiger partial charge in [-0.15, -0.1) is 0 Å². The van der Waals surface area contributed by atoms with Gasteiger partial charge >= 0.3 is 0 Å². The smallest absolute Gasteiger partial charge is 0.251 e. The highest BCUT2D eigenvalue weighted by Gasteiger charge is 2.09. The summed E-state index contributed by atoms with van der Waals surface area (Å²) in [5, 5.41) is 5.24. The fraction of sp³-hybridized carbons (Fsp3) is 0.333. The van der Waals surface area contributed by atoms with Gasteiger partial charge in [0.25, 0.3) is 5.91 Å². The first kappa shape index (κ1) is 20.6. The van der Waals surface area contributed by atoms with Crippen molar-refractivity contribution in [2.75, 3.05) is 19.6 Å². The van der Waals surface area contributed by atoms with Crippen molar-refractivity contribution < 1.29 is 14.0 Å². The topological polar surface area (TPSA) is 61.4 Å². The third-order valence-corrected chi connectivity index (χ3v) is 4.31. The third kappa shape index (κ3) is 6.83. The Hall–Kier alpha value is -2.73. The molecule has 2 rings (SSSR count). The van der Waals surface area contributed by atoms with E-state index < -0.39 is 11.7 Å². The second-order valence-electron chi connectivity index (χ2n) is 6.25. The first-order valence-electron chi connectivity index (χ1n) is 9.12. The van der Waals surface area contributed by atoms with Crippen LogP contribution in [0.15, 0.2) is 48.5 Å². The van der Waals surface area contributed by atoms with Crippen LogP contribution in [0.5, 0.6) is 0 Å². The Kier molecular flexibility index (Phi) is 7.95. The lowest BCUT2D eigenvalue weighted by atomic mass is 10.1. The number of hydrogen-bond donors (Lipinski definition) is 2. The monoisotopic (exact) mass is 371 g/mol. The minimum Gasteiger partial charge on any atom is -0.350 e. The second-order valence-corrected chi connectivity index (χ2v) is 6.25. The van der Waals surface area contributed by atoms with Gasteiger partial charge in [-0.1, -0.05) is 44.2 Å². The van der Waals surface area contributed by atoms with Crippen LogP contribution in [0.1, 0.15) is 35.3 Å². The van der Waals surface area contributed by atoms with Crippen LogP contribution in [-0.2, 0) is 17.9 Å². The minimum atomic E-state index is -0.489. The van der Waals surface area contributed by atoms with Gasteiger partial charge in [-0.3, -0.25) is 14.5 Å². The van der Waals surface area contributed by atoms with Crippen LogP contribution in [0.3, 0.4) is 0 Å². The number of nitrogens with zero attached hydrogens (tertiary/aromatic N) is 1. The molecular weight excluding hydrogens is 345 g/mol. The first-order valence-corrected chi connectivity index (χ1v) is 9.12. The molecule has 2 amide bonds. The molecule has 0 heterocycles. The van der Waals surface area contributed by atoms with Crippen molar-refractivity contribution in [3.8, 4) is 0 Å². The molecule has 0 aromatic heterocycles. The molecule has 2 N–H and O–H groups in total. The Morgan fingerprint density at radius 1 is 0.963 bits per heavy atom. The summed E-state index contributed by atoms with van der Waals surface area (Å²) in [6, 6.07) is 13.4. The quantitative estimate of drug-likeness (QED) is 0.713. The summed E-state index contributed by atoms with van der Waals surface area (Å²) in [6.45, 7) is 7.44. The normalized spacial score (nSPS) is 10.7. The van der Waals surface area contributed by atoms with Crippen LogP contribution in [-0.4, -0.2) is 36.3 Å². The molecule has 27 heavy (non-hydrogen) atoms. The van der Waals surface area contributed by atoms with Crippen LogP contribution in [0.4, 0.5) is 4.39 Å². The standard InChI is InChI=1S/C21H26FN3O2/c1-3-25(4-2)15-17-10-8-16(9-11-17)13-23-20(26)14-24-21(27)18-6-5-7-19(22)12-18/h5-12H,3-4,13-15H2,1-2H3,(H,23,26)(H,24,27). The van der Waals surface area contributed by atoms with Gasteiger partial charge in [0.15, 0.2) is 0 Å². The van der Waals surface area contributed by atoms with Gasteiger partial charge in [0.2, 0.25) is 5.91 Å². The molecule has 5 nitrogen and oxygen atoms in total. The van der Waals surface area contributed by atoms with Crippen LogP contribution in [0, 0.1) is 5.82 Å². The van der Waals surface area contributed by atoms with Crippen LogP contribution >= 0.6 is 0 Å². The molecule has 0 aliphatic heterocycles. The van der Waals surface area contributed by atoms with E-state index >= 15 is 0 Å². The number of rotatable bonds is 9. The molecule has 0 atom stereocenters. The number of amides is 2. The van der Waals surface area contributed by atoms with Gasteiger partial charge < -0.3 is 10.6 Å². The highest BCUT2D eigenvalue weighted by atomic mass is 19.1. The molecule has 6 heteroatoms. The molecule has 0 saturated carbocycles. The average Bonchev–Trinajstić information content (AvgIpc) is 2.69. The number of nitrogens with one attached hydrogen (secondary N) is 2. The van der Waals surface area contributed by atoms with E-state index in [4.69, 9.17) is 0 Å². The zero-order valence-corrected chi connectivity index (χ0v) is 15.8. The van der Waals surface area contributed by atoms with Crippen molar-refractivity contribution in [3.63, 3.8) is 0 Å². The van der Waals surface area contributed by atoms with E-state index in [9.17, 15) is 14.0 Å². The van der Waals surface area contributed by atoms with Gasteiger partial charge in [-0.05, 0) is 42.4 Å². The molecular formula is C21H26FN3O2. The van der Waals surface area contributed by atoms with Crippen molar-refractivity contribution in [2.24, 2.45) is 0 Å². The fourth-order valence-electron chi connectivity index (χ4n) is 2.62. The highest BCUT2D eigenvalue weighted by Crippen LogP contribution is 2.07. The SMILES string of the molecule is CCN(CC)Cc1ccc(CNC(=O)CNC(=O)c2cccc(F)c2)cc1. The molecule has 0 saturated heterocycles. The average molecular weight is 371 g/mol. The van der Waals surface area contributed by atoms with Gasteiger partial charge in [0.05, 0.1) is 6.54 Å². The molecule has 0 radical (unpaired) electrons. The number of hydrogen-bond acceptors (Lipinski definition) is 3. The Morgan fingerprint density at radius 3 is 2.26 bits per heavy atom. The lowest BCUT2D eigenvalue weighted by Gasteiger charge is -2.18. The van der Waals surface area contributed by atoms with Gasteiger partial charge in [0, 0.05) is 18.7 Å². The molecule has 0 aliphatic carbocycles. The van der Waals surface area contributed by atoms with Crippen molar-refractivity contribution in [1.29, 1.82) is 0 Å². The van der Waals surface area contributed by atoms with Crippen LogP contribution < -0.4 is 10.6 Å². The summed E-state index contributed by atoms with van der Waals surface area (Å²) in [5.74, 6) is -1.27. The summed E-state index contributed by atoms with van der Waals surface area (Å²) in [6.07, 6.45) is 0. The number of carbonyl (C=O) groups is 2. The van der Waals surface area contributed by atoms with Gasteiger partial charge in [-0.2, -0.15) is 0 Å². The maximum absolute atomic E-state index is 13.1. The van der Waals surface area contributed by atoms with Gasteiger partial charge in [0.1, 0.15) is 5.82 Å². The van der Waals surface area contributed by atoms with E-state index in [0.29, 0.717) is 6.54 Å². The van der Waals surface area contributed by atoms with E-state index in [2.05, 4.69) is 41.5 Å². The van der Waals surface area contributed by atoms with E-state index in [1.807, 2.05) is 12.1 Å². The Balaban J connectivity index is 1.76. The zero-order valence-electron chi connectivity index (χ0n) is 15.8. The zero-order chi connectivity index (χ0) is 19.6. The summed E-state index contributed by atoms with van der Waals surface area (Å²) >= 11 is 0. The highest BCUT2D eigenvalue weighted by molar-refractivity contribution is 5.96. The van der Waals surface area contributed by atoms with E-state index in [-0.39, 0.29) is 18.0 Å². The molecule has 144 valence electrons. The fourth-order valence-corrected chi connectivity index (χ4v) is 2.62. The van der Waals surface area contributed by atoms with E-state index in [1.54, 1.807) is 0 Å². The van der Waals surface area contributed by atoms with Crippen molar-refractivity contribution >= 4 is 11.8 Å². The molecule has 0 bridgehead atoms. The maximum Gasteiger partial charge on any atom is 0.251 e. The number of halogens is 1. The third-order valence-electron chi connectivity index (χ3n) is 4.31. The summed E-state index contributed by atoms with van der Waals surface area (Å²) in [5.41, 5.74) is 2.41. The lowest BCUT2D eigenvalue weighted by molar-refractivity contribution is -0.120. The number of benzene rings is 2. The molecule has 2 aromatic rings. The lowest BCUT2D eigenvalue weighted by Crippen LogP contribution is -2.36. The molecule has 0 unspecified atom stereocenters. The summed E-state index contributed by atoms with van der Waals surface area (Å²) < 4.78 is 13.1. The summed E-state index contributed by atoms with van der Waals surface area (Å²) in [4.78, 5) is 26.1. The van der Waals surface area contributed by atoms with Gasteiger partial charge in [-0.25, -0.2) is 4.39 Å². The Bertz CT molecular complexity index is 758. The Morgan fingerprint density at radius 2 is 1.63 bits per heavy atom. The van der Waals surface area contributed by atoms with Crippen molar-refractivity contribution in [1.82, 2.24) is 15.5 Å². The second kappa shape index (κ2) is 10.4. The Labute approximate surface area is 159 Å². The predicted octanol–water partition coefficient (Wildman–Crippen LogP) is 2.71. The maximum atomic E-state index is 13.1. The molecule has 0 fully saturated rings. The molecule has 0 aliphatic rings. The van der Waals surface area contributed by atoms with Crippen molar-refractivity contribution in [3.05, 3.63) is 71.0 Å². The molecule has 0 spiro atoms.